The normalized spacial score (nSPS) is 18.1. The van der Waals surface area contributed by atoms with Crippen LogP contribution in [-0.4, -0.2) is 46.4 Å². The number of halogens is 1. The zero-order valence-corrected chi connectivity index (χ0v) is 13.1. The average Bonchev–Trinajstić information content (AvgIpc) is 2.95. The second kappa shape index (κ2) is 6.39. The predicted molar refractivity (Wildman–Crippen MR) is 77.2 cm³/mol. The van der Waals surface area contributed by atoms with Gasteiger partial charge in [-0.05, 0) is 12.8 Å². The summed E-state index contributed by atoms with van der Waals surface area (Å²) in [7, 11) is 1.32. The van der Waals surface area contributed by atoms with Gasteiger partial charge in [0.05, 0.1) is 18.3 Å². The molecular formula is C14H18ClN3O3. The van der Waals surface area contributed by atoms with Crippen LogP contribution in [0.2, 0.25) is 5.02 Å². The van der Waals surface area contributed by atoms with Crippen molar-refractivity contribution in [3.05, 3.63) is 22.7 Å². The summed E-state index contributed by atoms with van der Waals surface area (Å²) in [6, 6.07) is -0.559. The van der Waals surface area contributed by atoms with Gasteiger partial charge in [-0.3, -0.25) is 4.79 Å². The predicted octanol–water partition coefficient (Wildman–Crippen LogP) is 2.03. The van der Waals surface area contributed by atoms with Crippen LogP contribution in [0.15, 0.2) is 6.20 Å². The fourth-order valence-corrected chi connectivity index (χ4v) is 2.51. The number of nitrogens with zero attached hydrogens (tertiary/aromatic N) is 3. The van der Waals surface area contributed by atoms with Gasteiger partial charge in [0.25, 0.3) is 5.91 Å². The lowest BCUT2D eigenvalue weighted by atomic mass is 10.2. The molecule has 1 atom stereocenters. The van der Waals surface area contributed by atoms with Crippen molar-refractivity contribution in [1.29, 1.82) is 0 Å². The van der Waals surface area contributed by atoms with E-state index in [0.717, 1.165) is 6.42 Å². The number of esters is 1. The maximum atomic E-state index is 12.6. The van der Waals surface area contributed by atoms with Crippen molar-refractivity contribution in [2.45, 2.75) is 38.6 Å². The number of rotatable bonds is 3. The first-order valence-electron chi connectivity index (χ1n) is 6.87. The van der Waals surface area contributed by atoms with Gasteiger partial charge in [0, 0.05) is 12.5 Å². The molecule has 0 spiro atoms. The third kappa shape index (κ3) is 3.15. The van der Waals surface area contributed by atoms with E-state index in [2.05, 4.69) is 9.97 Å². The number of carbonyl (C=O) groups excluding carboxylic acids is 2. The van der Waals surface area contributed by atoms with Crippen molar-refractivity contribution < 1.29 is 14.3 Å². The van der Waals surface area contributed by atoms with Gasteiger partial charge in [0.1, 0.15) is 11.9 Å². The lowest BCUT2D eigenvalue weighted by molar-refractivity contribution is -0.145. The Morgan fingerprint density at radius 1 is 1.48 bits per heavy atom. The molecule has 6 nitrogen and oxygen atoms in total. The molecule has 1 amide bonds. The van der Waals surface area contributed by atoms with Gasteiger partial charge in [-0.25, -0.2) is 14.8 Å². The molecule has 0 aromatic carbocycles. The molecule has 1 unspecified atom stereocenters. The summed E-state index contributed by atoms with van der Waals surface area (Å²) in [5, 5.41) is 0.194. The van der Waals surface area contributed by atoms with E-state index < -0.39 is 12.0 Å². The molecular weight excluding hydrogens is 294 g/mol. The van der Waals surface area contributed by atoms with Gasteiger partial charge < -0.3 is 9.64 Å². The average molecular weight is 312 g/mol. The largest absolute Gasteiger partial charge is 0.467 e. The van der Waals surface area contributed by atoms with Crippen molar-refractivity contribution in [3.8, 4) is 0 Å². The Labute approximate surface area is 128 Å². The molecule has 1 aliphatic heterocycles. The summed E-state index contributed by atoms with van der Waals surface area (Å²) in [5.74, 6) is -0.118. The lowest BCUT2D eigenvalue weighted by Gasteiger charge is -2.22. The van der Waals surface area contributed by atoms with E-state index in [-0.39, 0.29) is 22.5 Å². The van der Waals surface area contributed by atoms with Gasteiger partial charge in [0.15, 0.2) is 5.69 Å². The molecule has 1 aliphatic rings. The first kappa shape index (κ1) is 15.7. The van der Waals surface area contributed by atoms with Crippen molar-refractivity contribution in [1.82, 2.24) is 14.9 Å². The number of amides is 1. The maximum Gasteiger partial charge on any atom is 0.328 e. The lowest BCUT2D eigenvalue weighted by Crippen LogP contribution is -2.41. The Hall–Kier alpha value is -1.69. The van der Waals surface area contributed by atoms with Crippen LogP contribution >= 0.6 is 11.6 Å². The van der Waals surface area contributed by atoms with Gasteiger partial charge in [-0.2, -0.15) is 0 Å². The van der Waals surface area contributed by atoms with Crippen molar-refractivity contribution in [2.24, 2.45) is 0 Å². The SMILES string of the molecule is COC(=O)C1CCCN1C(=O)c1nc(C(C)C)ncc1Cl. The number of carbonyl (C=O) groups is 2. The zero-order chi connectivity index (χ0) is 15.6. The number of ether oxygens (including phenoxy) is 1. The first-order valence-corrected chi connectivity index (χ1v) is 7.24. The Bertz CT molecular complexity index is 562. The third-order valence-corrected chi connectivity index (χ3v) is 3.75. The van der Waals surface area contributed by atoms with E-state index in [1.165, 1.54) is 18.2 Å². The summed E-state index contributed by atoms with van der Waals surface area (Å²) >= 11 is 6.05. The van der Waals surface area contributed by atoms with E-state index in [1.54, 1.807) is 0 Å². The molecule has 2 rings (SSSR count). The monoisotopic (exact) mass is 311 g/mol. The molecule has 1 saturated heterocycles. The molecule has 0 radical (unpaired) electrons. The highest BCUT2D eigenvalue weighted by atomic mass is 35.5. The van der Waals surface area contributed by atoms with E-state index in [9.17, 15) is 9.59 Å². The highest BCUT2D eigenvalue weighted by molar-refractivity contribution is 6.33. The second-order valence-electron chi connectivity index (χ2n) is 5.26. The summed E-state index contributed by atoms with van der Waals surface area (Å²) < 4.78 is 4.74. The van der Waals surface area contributed by atoms with Crippen LogP contribution in [0, 0.1) is 0 Å². The number of hydrogen-bond donors (Lipinski definition) is 0. The van der Waals surface area contributed by atoms with Gasteiger partial charge in [0.2, 0.25) is 0 Å². The number of aromatic nitrogens is 2. The molecule has 21 heavy (non-hydrogen) atoms. The summed E-state index contributed by atoms with van der Waals surface area (Å²) in [4.78, 5) is 34.2. The highest BCUT2D eigenvalue weighted by Crippen LogP contribution is 2.24. The van der Waals surface area contributed by atoms with Crippen LogP contribution in [0.1, 0.15) is 48.9 Å². The summed E-state index contributed by atoms with van der Waals surface area (Å²) in [5.41, 5.74) is 0.145. The number of methoxy groups -OCH3 is 1. The van der Waals surface area contributed by atoms with Gasteiger partial charge in [-0.1, -0.05) is 25.4 Å². The van der Waals surface area contributed by atoms with E-state index in [0.29, 0.717) is 18.8 Å². The first-order chi connectivity index (χ1) is 9.95. The summed E-state index contributed by atoms with van der Waals surface area (Å²) in [6.07, 6.45) is 2.78. The molecule has 7 heteroatoms. The fourth-order valence-electron chi connectivity index (χ4n) is 2.34. The number of likely N-dealkylation sites (tertiary alicyclic amines) is 1. The smallest absolute Gasteiger partial charge is 0.328 e. The fraction of sp³-hybridized carbons (Fsp3) is 0.571. The summed E-state index contributed by atoms with van der Waals surface area (Å²) in [6.45, 7) is 4.37. The van der Waals surface area contributed by atoms with Crippen LogP contribution in [-0.2, 0) is 9.53 Å². The second-order valence-corrected chi connectivity index (χ2v) is 5.67. The maximum absolute atomic E-state index is 12.6. The molecule has 0 aliphatic carbocycles. The molecule has 2 heterocycles. The van der Waals surface area contributed by atoms with E-state index >= 15 is 0 Å². The Morgan fingerprint density at radius 2 is 2.19 bits per heavy atom. The molecule has 0 N–H and O–H groups in total. The zero-order valence-electron chi connectivity index (χ0n) is 12.3. The topological polar surface area (TPSA) is 72.4 Å². The van der Waals surface area contributed by atoms with Crippen molar-refractivity contribution in [2.75, 3.05) is 13.7 Å². The molecule has 0 saturated carbocycles. The van der Waals surface area contributed by atoms with Gasteiger partial charge >= 0.3 is 5.97 Å². The minimum atomic E-state index is -0.559. The third-order valence-electron chi connectivity index (χ3n) is 3.47. The molecule has 1 aromatic rings. The molecule has 114 valence electrons. The number of hydrogen-bond acceptors (Lipinski definition) is 5. The van der Waals surface area contributed by atoms with E-state index in [4.69, 9.17) is 16.3 Å². The van der Waals surface area contributed by atoms with Crippen molar-refractivity contribution in [3.63, 3.8) is 0 Å². The van der Waals surface area contributed by atoms with Crippen LogP contribution in [0.3, 0.4) is 0 Å². The Balaban J connectivity index is 2.31. The van der Waals surface area contributed by atoms with Gasteiger partial charge in [-0.15, -0.1) is 0 Å². The van der Waals surface area contributed by atoms with Crippen LogP contribution in [0.5, 0.6) is 0 Å². The Morgan fingerprint density at radius 3 is 2.81 bits per heavy atom. The minimum absolute atomic E-state index is 0.0869. The molecule has 0 bridgehead atoms. The minimum Gasteiger partial charge on any atom is -0.467 e. The van der Waals surface area contributed by atoms with E-state index in [1.807, 2.05) is 13.8 Å². The molecule has 1 aromatic heterocycles. The van der Waals surface area contributed by atoms with Crippen molar-refractivity contribution >= 4 is 23.5 Å². The van der Waals surface area contributed by atoms with Crippen LogP contribution < -0.4 is 0 Å². The van der Waals surface area contributed by atoms with Crippen LogP contribution in [0.25, 0.3) is 0 Å². The standard InChI is InChI=1S/C14H18ClN3O3/c1-8(2)12-16-7-9(15)11(17-12)13(19)18-6-4-5-10(18)14(20)21-3/h7-8,10H,4-6H2,1-3H3. The molecule has 1 fully saturated rings. The quantitative estimate of drug-likeness (QED) is 0.799. The highest BCUT2D eigenvalue weighted by Gasteiger charge is 2.36. The Kier molecular flexibility index (Phi) is 4.77. The van der Waals surface area contributed by atoms with Crippen LogP contribution in [0.4, 0.5) is 0 Å².